The van der Waals surface area contributed by atoms with Crippen molar-refractivity contribution in [3.05, 3.63) is 24.3 Å². The zero-order chi connectivity index (χ0) is 23.8. The van der Waals surface area contributed by atoms with Crippen LogP contribution < -0.4 is 10.6 Å². The van der Waals surface area contributed by atoms with Crippen molar-refractivity contribution in [1.29, 1.82) is 0 Å². The molecule has 3 rings (SSSR count). The van der Waals surface area contributed by atoms with Gasteiger partial charge < -0.3 is 15.4 Å². The van der Waals surface area contributed by atoms with Gasteiger partial charge in [0.25, 0.3) is 5.91 Å². The quantitative estimate of drug-likeness (QED) is 0.605. The fourth-order valence-corrected chi connectivity index (χ4v) is 4.94. The molecule has 0 saturated heterocycles. The molecule has 1 aromatic rings. The molecule has 2 amide bonds. The van der Waals surface area contributed by atoms with Gasteiger partial charge in [-0.1, -0.05) is 38.5 Å². The number of ether oxygens (including phenoxy) is 1. The van der Waals surface area contributed by atoms with Gasteiger partial charge in [-0.3, -0.25) is 14.6 Å². The standard InChI is InChI=1S/C25H38N4O4/c1-25(2,3)33-24(32)21(18-12-8-5-9-13-18)29-23(31)20(17-10-6-4-7-11-17)28-22(30)19-16-26-14-15-27-19/h14-18,20-21H,4-13H2,1-3H3,(H,28,30)(H,29,31)/t20-,21-/m0/s1. The highest BCUT2D eigenvalue weighted by molar-refractivity contribution is 5.96. The Balaban J connectivity index is 1.79. The van der Waals surface area contributed by atoms with E-state index in [1.165, 1.54) is 18.6 Å². The maximum absolute atomic E-state index is 13.6. The van der Waals surface area contributed by atoms with Crippen molar-refractivity contribution in [3.8, 4) is 0 Å². The lowest BCUT2D eigenvalue weighted by Crippen LogP contribution is -2.57. The fraction of sp³-hybridized carbons (Fsp3) is 0.720. The molecule has 2 saturated carbocycles. The molecule has 0 unspecified atom stereocenters. The smallest absolute Gasteiger partial charge is 0.329 e. The molecule has 0 spiro atoms. The van der Waals surface area contributed by atoms with Crippen molar-refractivity contribution in [2.24, 2.45) is 11.8 Å². The topological polar surface area (TPSA) is 110 Å². The number of aromatic nitrogens is 2. The molecule has 1 heterocycles. The average Bonchev–Trinajstić information content (AvgIpc) is 2.81. The summed E-state index contributed by atoms with van der Waals surface area (Å²) in [6, 6.07) is -1.44. The van der Waals surface area contributed by atoms with Crippen molar-refractivity contribution in [2.75, 3.05) is 0 Å². The van der Waals surface area contributed by atoms with E-state index in [2.05, 4.69) is 20.6 Å². The SMILES string of the molecule is CC(C)(C)OC(=O)[C@@H](NC(=O)[C@@H](NC(=O)c1cnccn1)C1CCCCC1)C1CCCCC1. The van der Waals surface area contributed by atoms with E-state index >= 15 is 0 Å². The van der Waals surface area contributed by atoms with Crippen molar-refractivity contribution >= 4 is 17.8 Å². The predicted molar refractivity (Wildman–Crippen MR) is 124 cm³/mol. The summed E-state index contributed by atoms with van der Waals surface area (Å²) in [5.41, 5.74) is -0.473. The molecule has 182 valence electrons. The van der Waals surface area contributed by atoms with Crippen LogP contribution in [0.5, 0.6) is 0 Å². The van der Waals surface area contributed by atoms with Gasteiger partial charge in [0.2, 0.25) is 5.91 Å². The Labute approximate surface area is 196 Å². The molecular formula is C25H38N4O4. The molecule has 0 aliphatic heterocycles. The van der Waals surface area contributed by atoms with Gasteiger partial charge in [0, 0.05) is 12.4 Å². The summed E-state index contributed by atoms with van der Waals surface area (Å²) in [5.74, 6) is -1.09. The van der Waals surface area contributed by atoms with Crippen LogP contribution in [0.3, 0.4) is 0 Å². The minimum atomic E-state index is -0.728. The average molecular weight is 459 g/mol. The first-order valence-corrected chi connectivity index (χ1v) is 12.3. The number of nitrogens with one attached hydrogen (secondary N) is 2. The van der Waals surface area contributed by atoms with Gasteiger partial charge in [-0.05, 0) is 58.3 Å². The zero-order valence-electron chi connectivity index (χ0n) is 20.1. The molecular weight excluding hydrogens is 420 g/mol. The Hall–Kier alpha value is -2.51. The fourth-order valence-electron chi connectivity index (χ4n) is 4.94. The molecule has 1 aromatic heterocycles. The second-order valence-electron chi connectivity index (χ2n) is 10.4. The summed E-state index contributed by atoms with van der Waals surface area (Å²) in [4.78, 5) is 47.5. The zero-order valence-corrected chi connectivity index (χ0v) is 20.1. The van der Waals surface area contributed by atoms with Gasteiger partial charge in [-0.15, -0.1) is 0 Å². The lowest BCUT2D eigenvalue weighted by molar-refractivity contribution is -0.161. The number of esters is 1. The Morgan fingerprint density at radius 1 is 0.879 bits per heavy atom. The number of amides is 2. The molecule has 33 heavy (non-hydrogen) atoms. The third kappa shape index (κ3) is 7.51. The van der Waals surface area contributed by atoms with Crippen LogP contribution in [-0.4, -0.2) is 45.4 Å². The van der Waals surface area contributed by atoms with Gasteiger partial charge in [0.15, 0.2) is 0 Å². The first-order valence-electron chi connectivity index (χ1n) is 12.3. The maximum Gasteiger partial charge on any atom is 0.329 e. The second-order valence-corrected chi connectivity index (χ2v) is 10.4. The Kier molecular flexibility index (Phi) is 8.80. The molecule has 0 radical (unpaired) electrons. The molecule has 8 heteroatoms. The van der Waals surface area contributed by atoms with E-state index in [-0.39, 0.29) is 23.4 Å². The number of rotatable bonds is 7. The van der Waals surface area contributed by atoms with Crippen LogP contribution in [0, 0.1) is 11.8 Å². The molecule has 8 nitrogen and oxygen atoms in total. The van der Waals surface area contributed by atoms with E-state index in [1.807, 2.05) is 20.8 Å². The van der Waals surface area contributed by atoms with Crippen molar-refractivity contribution in [3.63, 3.8) is 0 Å². The summed E-state index contributed by atoms with van der Waals surface area (Å²) in [5, 5.41) is 5.89. The van der Waals surface area contributed by atoms with Crippen LogP contribution in [-0.2, 0) is 14.3 Å². The van der Waals surface area contributed by atoms with Crippen LogP contribution in [0.25, 0.3) is 0 Å². The number of nitrogens with zero attached hydrogens (tertiary/aromatic N) is 2. The van der Waals surface area contributed by atoms with Gasteiger partial charge >= 0.3 is 5.97 Å². The van der Waals surface area contributed by atoms with Crippen LogP contribution in [0.15, 0.2) is 18.6 Å². The number of carbonyl (C=O) groups is 3. The summed E-state index contributed by atoms with van der Waals surface area (Å²) in [6.07, 6.45) is 14.2. The number of hydrogen-bond acceptors (Lipinski definition) is 6. The highest BCUT2D eigenvalue weighted by Crippen LogP contribution is 2.30. The summed E-state index contributed by atoms with van der Waals surface area (Å²) < 4.78 is 5.67. The van der Waals surface area contributed by atoms with E-state index in [1.54, 1.807) is 0 Å². The third-order valence-electron chi connectivity index (χ3n) is 6.57. The minimum Gasteiger partial charge on any atom is -0.458 e. The molecule has 2 fully saturated rings. The van der Waals surface area contributed by atoms with Gasteiger partial charge in [-0.2, -0.15) is 0 Å². The molecule has 2 aliphatic rings. The van der Waals surface area contributed by atoms with E-state index in [0.717, 1.165) is 64.2 Å². The Bertz CT molecular complexity index is 796. The highest BCUT2D eigenvalue weighted by Gasteiger charge is 2.38. The maximum atomic E-state index is 13.6. The van der Waals surface area contributed by atoms with Crippen LogP contribution >= 0.6 is 0 Å². The van der Waals surface area contributed by atoms with Crippen molar-refractivity contribution in [2.45, 2.75) is 103 Å². The number of carbonyl (C=O) groups excluding carboxylic acids is 3. The van der Waals surface area contributed by atoms with E-state index in [9.17, 15) is 14.4 Å². The molecule has 0 aromatic carbocycles. The van der Waals surface area contributed by atoms with Crippen LogP contribution in [0.4, 0.5) is 0 Å². The van der Waals surface area contributed by atoms with Gasteiger partial charge in [0.1, 0.15) is 23.4 Å². The normalized spacial score (nSPS) is 19.8. The summed E-state index contributed by atoms with van der Waals surface area (Å²) in [6.45, 7) is 5.49. The van der Waals surface area contributed by atoms with Crippen LogP contribution in [0.1, 0.15) is 95.5 Å². The summed E-state index contributed by atoms with van der Waals surface area (Å²) in [7, 11) is 0. The predicted octanol–water partition coefficient (Wildman–Crippen LogP) is 3.56. The van der Waals surface area contributed by atoms with E-state index < -0.39 is 29.6 Å². The second kappa shape index (κ2) is 11.6. The lowest BCUT2D eigenvalue weighted by Gasteiger charge is -2.35. The van der Waals surface area contributed by atoms with Crippen molar-refractivity contribution < 1.29 is 19.1 Å². The van der Waals surface area contributed by atoms with Gasteiger partial charge in [-0.25, -0.2) is 9.78 Å². The highest BCUT2D eigenvalue weighted by atomic mass is 16.6. The minimum absolute atomic E-state index is 0.0185. The van der Waals surface area contributed by atoms with E-state index in [4.69, 9.17) is 4.74 Å². The molecule has 0 bridgehead atoms. The molecule has 2 N–H and O–H groups in total. The number of hydrogen-bond donors (Lipinski definition) is 2. The first kappa shape index (κ1) is 25.1. The lowest BCUT2D eigenvalue weighted by atomic mass is 9.81. The Morgan fingerprint density at radius 3 is 1.97 bits per heavy atom. The van der Waals surface area contributed by atoms with Crippen molar-refractivity contribution in [1.82, 2.24) is 20.6 Å². The third-order valence-corrected chi connectivity index (χ3v) is 6.57. The van der Waals surface area contributed by atoms with Crippen LogP contribution in [0.2, 0.25) is 0 Å². The first-order chi connectivity index (χ1) is 15.7. The van der Waals surface area contributed by atoms with E-state index in [0.29, 0.717) is 0 Å². The monoisotopic (exact) mass is 458 g/mol. The molecule has 2 aliphatic carbocycles. The largest absolute Gasteiger partial charge is 0.458 e. The molecule has 2 atom stereocenters. The summed E-state index contributed by atoms with van der Waals surface area (Å²) >= 11 is 0. The van der Waals surface area contributed by atoms with Gasteiger partial charge in [0.05, 0.1) is 6.20 Å². The Morgan fingerprint density at radius 2 is 1.45 bits per heavy atom.